The Morgan fingerprint density at radius 2 is 2.40 bits per heavy atom. The number of carboxylic acids is 1. The molecule has 0 unspecified atom stereocenters. The molecule has 54 valence electrons. The minimum absolute atomic E-state index is 0.294. The molecule has 0 saturated carbocycles. The zero-order valence-corrected chi connectivity index (χ0v) is 5.90. The van der Waals surface area contributed by atoms with E-state index in [1.165, 1.54) is 0 Å². The average molecular weight is 141 g/mol. The standard InChI is InChI=1S/C6H8N2O2/c1-7-3-5(6(9)10)8(2)4-7/h3-4H,1-2H3/p+1. The molecule has 0 aliphatic rings. The molecule has 1 rings (SSSR count). The second kappa shape index (κ2) is 2.13. The number of rotatable bonds is 1. The van der Waals surface area contributed by atoms with E-state index >= 15 is 0 Å². The summed E-state index contributed by atoms with van der Waals surface area (Å²) in [6.45, 7) is 0. The zero-order valence-electron chi connectivity index (χ0n) is 5.90. The molecule has 0 aromatic carbocycles. The number of aromatic carboxylic acids is 1. The average Bonchev–Trinajstić information content (AvgIpc) is 2.10. The Morgan fingerprint density at radius 1 is 1.80 bits per heavy atom. The van der Waals surface area contributed by atoms with Gasteiger partial charge >= 0.3 is 5.97 Å². The van der Waals surface area contributed by atoms with Gasteiger partial charge in [0.2, 0.25) is 6.33 Å². The van der Waals surface area contributed by atoms with Gasteiger partial charge in [-0.15, -0.1) is 0 Å². The van der Waals surface area contributed by atoms with E-state index in [4.69, 9.17) is 5.11 Å². The highest BCUT2D eigenvalue weighted by Gasteiger charge is 2.14. The first-order chi connectivity index (χ1) is 4.61. The molecular formula is C6H9N2O2+. The van der Waals surface area contributed by atoms with E-state index in [0.29, 0.717) is 5.69 Å². The Hall–Kier alpha value is -1.32. The molecule has 4 nitrogen and oxygen atoms in total. The van der Waals surface area contributed by atoms with Crippen molar-refractivity contribution < 1.29 is 14.5 Å². The summed E-state index contributed by atoms with van der Waals surface area (Å²) in [5, 5.41) is 8.54. The normalized spacial score (nSPS) is 9.80. The van der Waals surface area contributed by atoms with Gasteiger partial charge in [0.25, 0.3) is 5.69 Å². The van der Waals surface area contributed by atoms with Gasteiger partial charge < -0.3 is 5.11 Å². The van der Waals surface area contributed by atoms with E-state index in [9.17, 15) is 4.79 Å². The molecule has 1 N–H and O–H groups in total. The first kappa shape index (κ1) is 6.80. The summed E-state index contributed by atoms with van der Waals surface area (Å²) in [6.07, 6.45) is 3.26. The number of nitrogens with zero attached hydrogens (tertiary/aromatic N) is 2. The molecule has 0 atom stereocenters. The van der Waals surface area contributed by atoms with Crippen LogP contribution in [0.15, 0.2) is 12.5 Å². The third-order valence-corrected chi connectivity index (χ3v) is 1.28. The number of aryl methyl sites for hydroxylation is 2. The maximum atomic E-state index is 10.4. The number of hydrogen-bond acceptors (Lipinski definition) is 1. The van der Waals surface area contributed by atoms with Crippen LogP contribution in [0.3, 0.4) is 0 Å². The van der Waals surface area contributed by atoms with Crippen molar-refractivity contribution in [2.24, 2.45) is 14.1 Å². The fraction of sp³-hybridized carbons (Fsp3) is 0.333. The predicted molar refractivity (Wildman–Crippen MR) is 33.5 cm³/mol. The summed E-state index contributed by atoms with van der Waals surface area (Å²) in [7, 11) is 3.48. The van der Waals surface area contributed by atoms with Crippen LogP contribution in [0.2, 0.25) is 0 Å². The van der Waals surface area contributed by atoms with Crippen molar-refractivity contribution in [3.05, 3.63) is 18.2 Å². The van der Waals surface area contributed by atoms with Gasteiger partial charge in [-0.05, 0) is 0 Å². The number of hydrogen-bond donors (Lipinski definition) is 1. The lowest BCUT2D eigenvalue weighted by Gasteiger charge is -1.83. The van der Waals surface area contributed by atoms with Crippen molar-refractivity contribution in [1.29, 1.82) is 0 Å². The second-order valence-corrected chi connectivity index (χ2v) is 2.21. The van der Waals surface area contributed by atoms with E-state index in [1.54, 1.807) is 35.8 Å². The van der Waals surface area contributed by atoms with Gasteiger partial charge in [-0.3, -0.25) is 0 Å². The monoisotopic (exact) mass is 141 g/mol. The SMILES string of the molecule is Cn1c[n+](C)cc1C(=O)O. The van der Waals surface area contributed by atoms with Crippen LogP contribution in [0.4, 0.5) is 0 Å². The highest BCUT2D eigenvalue weighted by Crippen LogP contribution is 1.92. The molecule has 0 spiro atoms. The van der Waals surface area contributed by atoms with Crippen LogP contribution in [0.1, 0.15) is 10.5 Å². The summed E-state index contributed by atoms with van der Waals surface area (Å²) in [5.41, 5.74) is 0.294. The second-order valence-electron chi connectivity index (χ2n) is 2.21. The largest absolute Gasteiger partial charge is 0.475 e. The first-order valence-electron chi connectivity index (χ1n) is 2.86. The maximum absolute atomic E-state index is 10.4. The molecule has 0 aliphatic heterocycles. The molecule has 0 saturated heterocycles. The molecule has 1 aromatic rings. The Kier molecular flexibility index (Phi) is 1.45. The fourth-order valence-corrected chi connectivity index (χ4v) is 0.859. The summed E-state index contributed by atoms with van der Waals surface area (Å²) >= 11 is 0. The molecule has 0 aliphatic carbocycles. The van der Waals surface area contributed by atoms with E-state index in [2.05, 4.69) is 0 Å². The van der Waals surface area contributed by atoms with Crippen LogP contribution in [0.5, 0.6) is 0 Å². The van der Waals surface area contributed by atoms with Crippen LogP contribution < -0.4 is 4.57 Å². The number of imidazole rings is 1. The summed E-state index contributed by atoms with van der Waals surface area (Å²) < 4.78 is 3.26. The van der Waals surface area contributed by atoms with Crippen molar-refractivity contribution in [2.45, 2.75) is 0 Å². The molecule has 4 heteroatoms. The van der Waals surface area contributed by atoms with Crippen molar-refractivity contribution >= 4 is 5.97 Å². The summed E-state index contributed by atoms with van der Waals surface area (Å²) in [6, 6.07) is 0. The zero-order chi connectivity index (χ0) is 7.72. The minimum atomic E-state index is -0.900. The number of carbonyl (C=O) groups is 1. The maximum Gasteiger partial charge on any atom is 0.379 e. The van der Waals surface area contributed by atoms with Crippen molar-refractivity contribution in [3.63, 3.8) is 0 Å². The third kappa shape index (κ3) is 1.00. The predicted octanol–water partition coefficient (Wildman–Crippen LogP) is -0.452. The molecule has 0 amide bonds. The first-order valence-corrected chi connectivity index (χ1v) is 2.86. The van der Waals surface area contributed by atoms with Crippen LogP contribution in [-0.2, 0) is 14.1 Å². The van der Waals surface area contributed by atoms with Crippen LogP contribution >= 0.6 is 0 Å². The van der Waals surface area contributed by atoms with Crippen LogP contribution in [0, 0.1) is 0 Å². The third-order valence-electron chi connectivity index (χ3n) is 1.28. The Morgan fingerprint density at radius 3 is 2.60 bits per heavy atom. The molecule has 1 aromatic heterocycles. The molecule has 10 heavy (non-hydrogen) atoms. The Labute approximate surface area is 58.3 Å². The molecule has 0 bridgehead atoms. The van der Waals surface area contributed by atoms with Gasteiger partial charge in [-0.1, -0.05) is 0 Å². The smallest absolute Gasteiger partial charge is 0.379 e. The lowest BCUT2D eigenvalue weighted by Crippen LogP contribution is -2.23. The summed E-state index contributed by atoms with van der Waals surface area (Å²) in [5.74, 6) is -0.900. The summed E-state index contributed by atoms with van der Waals surface area (Å²) in [4.78, 5) is 10.4. The molecular weight excluding hydrogens is 132 g/mol. The quantitative estimate of drug-likeness (QED) is 0.538. The van der Waals surface area contributed by atoms with E-state index in [1.807, 2.05) is 0 Å². The topological polar surface area (TPSA) is 46.1 Å². The lowest BCUT2D eigenvalue weighted by molar-refractivity contribution is -0.671. The molecule has 0 fully saturated rings. The number of carboxylic acid groups (broad SMARTS) is 1. The Bertz CT molecular complexity index is 265. The van der Waals surface area contributed by atoms with Crippen LogP contribution in [0.25, 0.3) is 0 Å². The van der Waals surface area contributed by atoms with Gasteiger partial charge in [-0.2, -0.15) is 0 Å². The highest BCUT2D eigenvalue weighted by molar-refractivity contribution is 5.84. The van der Waals surface area contributed by atoms with Gasteiger partial charge in [0.05, 0.1) is 14.1 Å². The van der Waals surface area contributed by atoms with Crippen LogP contribution in [-0.4, -0.2) is 15.6 Å². The molecule has 1 heterocycles. The fourth-order valence-electron chi connectivity index (χ4n) is 0.859. The van der Waals surface area contributed by atoms with Crippen molar-refractivity contribution in [1.82, 2.24) is 4.57 Å². The van der Waals surface area contributed by atoms with E-state index < -0.39 is 5.97 Å². The van der Waals surface area contributed by atoms with Gasteiger partial charge in [0.1, 0.15) is 6.20 Å². The minimum Gasteiger partial charge on any atom is -0.475 e. The van der Waals surface area contributed by atoms with E-state index in [0.717, 1.165) is 0 Å². The Balaban J connectivity index is 3.15. The number of aromatic nitrogens is 2. The molecule has 0 radical (unpaired) electrons. The van der Waals surface area contributed by atoms with Crippen molar-refractivity contribution in [2.75, 3.05) is 0 Å². The van der Waals surface area contributed by atoms with Gasteiger partial charge in [-0.25, -0.2) is 13.9 Å². The van der Waals surface area contributed by atoms with Crippen molar-refractivity contribution in [3.8, 4) is 0 Å². The highest BCUT2D eigenvalue weighted by atomic mass is 16.4. The van der Waals surface area contributed by atoms with Gasteiger partial charge in [0, 0.05) is 0 Å². The van der Waals surface area contributed by atoms with Gasteiger partial charge in [0.15, 0.2) is 0 Å². The lowest BCUT2D eigenvalue weighted by atomic mass is 10.5. The van der Waals surface area contributed by atoms with E-state index in [-0.39, 0.29) is 0 Å².